The Balaban J connectivity index is 2.47. The Labute approximate surface area is 64.3 Å². The van der Waals surface area contributed by atoms with E-state index in [4.69, 9.17) is 0 Å². The first kappa shape index (κ1) is 5.98. The van der Waals surface area contributed by atoms with Crippen molar-refractivity contribution >= 4 is 18.2 Å². The van der Waals surface area contributed by atoms with Crippen LogP contribution in [0.4, 0.5) is 0 Å². The summed E-state index contributed by atoms with van der Waals surface area (Å²) in [5.74, 6) is 0. The lowest BCUT2D eigenvalue weighted by atomic mass is 10.2. The smallest absolute Gasteiger partial charge is 0.0419 e. The molecule has 0 unspecified atom stereocenters. The van der Waals surface area contributed by atoms with Crippen LogP contribution in [0, 0.1) is 6.07 Å². The number of nitrogens with zero attached hydrogens (tertiary/aromatic N) is 1. The first-order chi connectivity index (χ1) is 4.97. The molecule has 1 aromatic carbocycles. The molecule has 2 rings (SSSR count). The van der Waals surface area contributed by atoms with Crippen molar-refractivity contribution in [3.63, 3.8) is 0 Å². The van der Waals surface area contributed by atoms with Crippen molar-refractivity contribution < 1.29 is 0 Å². The summed E-state index contributed by atoms with van der Waals surface area (Å²) in [6.07, 6.45) is 2.89. The minimum Gasteiger partial charge on any atom is -0.223 e. The number of hydrogen-bond donors (Lipinski definition) is 0. The highest BCUT2D eigenvalue weighted by atomic mass is 32.2. The van der Waals surface area contributed by atoms with E-state index in [1.807, 2.05) is 18.3 Å². The third kappa shape index (κ3) is 0.948. The zero-order chi connectivity index (χ0) is 6.81. The van der Waals surface area contributed by atoms with E-state index in [0.717, 1.165) is 6.42 Å². The molecule has 49 valence electrons. The molecule has 0 N–H and O–H groups in total. The van der Waals surface area contributed by atoms with Crippen LogP contribution in [0.2, 0.25) is 0 Å². The number of rotatable bonds is 0. The van der Waals surface area contributed by atoms with Gasteiger partial charge in [-0.2, -0.15) is 0 Å². The molecule has 1 aliphatic rings. The molecule has 0 amide bonds. The lowest BCUT2D eigenvalue weighted by molar-refractivity contribution is 1.21. The second-order valence-corrected chi connectivity index (χ2v) is 2.91. The van der Waals surface area contributed by atoms with Crippen LogP contribution in [-0.2, 0) is 6.42 Å². The molecule has 10 heavy (non-hydrogen) atoms. The molecule has 0 aromatic heterocycles. The molecule has 0 saturated carbocycles. The summed E-state index contributed by atoms with van der Waals surface area (Å²) < 4.78 is 4.08. The van der Waals surface area contributed by atoms with E-state index in [1.165, 1.54) is 22.4 Å². The van der Waals surface area contributed by atoms with Crippen molar-refractivity contribution in [2.24, 2.45) is 4.40 Å². The van der Waals surface area contributed by atoms with E-state index in [0.29, 0.717) is 0 Å². The molecule has 1 nitrogen and oxygen atoms in total. The second kappa shape index (κ2) is 2.46. The van der Waals surface area contributed by atoms with E-state index < -0.39 is 0 Å². The van der Waals surface area contributed by atoms with Gasteiger partial charge in [0, 0.05) is 29.5 Å². The van der Waals surface area contributed by atoms with Gasteiger partial charge in [-0.1, -0.05) is 18.2 Å². The lowest BCUT2D eigenvalue weighted by Gasteiger charge is -2.06. The summed E-state index contributed by atoms with van der Waals surface area (Å²) in [5, 5.41) is 0. The summed E-state index contributed by atoms with van der Waals surface area (Å²) in [6, 6.07) is 9.19. The molecule has 0 fully saturated rings. The summed E-state index contributed by atoms with van der Waals surface area (Å²) in [5.41, 5.74) is 1.34. The van der Waals surface area contributed by atoms with Gasteiger partial charge in [0.25, 0.3) is 0 Å². The van der Waals surface area contributed by atoms with Gasteiger partial charge in [0.1, 0.15) is 0 Å². The highest BCUT2D eigenvalue weighted by molar-refractivity contribution is 7.98. The maximum atomic E-state index is 4.08. The molecule has 1 radical (unpaired) electrons. The molecule has 0 bridgehead atoms. The molecule has 1 heterocycles. The van der Waals surface area contributed by atoms with Gasteiger partial charge >= 0.3 is 0 Å². The van der Waals surface area contributed by atoms with Crippen molar-refractivity contribution in [2.75, 3.05) is 0 Å². The summed E-state index contributed by atoms with van der Waals surface area (Å²) in [7, 11) is 0. The first-order valence-corrected chi connectivity index (χ1v) is 3.92. The fourth-order valence-electron chi connectivity index (χ4n) is 0.928. The Morgan fingerprint density at radius 2 is 2.60 bits per heavy atom. The molecular weight excluding hydrogens is 142 g/mol. The standard InChI is InChI=1S/C8H6NS/c1-2-4-8-7(3-1)5-6-9-10-8/h1-3,6H,5H2. The van der Waals surface area contributed by atoms with Crippen molar-refractivity contribution in [2.45, 2.75) is 11.3 Å². The van der Waals surface area contributed by atoms with Crippen LogP contribution >= 0.6 is 11.9 Å². The predicted octanol–water partition coefficient (Wildman–Crippen LogP) is 2.12. The van der Waals surface area contributed by atoms with Crippen molar-refractivity contribution in [3.05, 3.63) is 29.8 Å². The molecule has 0 aliphatic carbocycles. The van der Waals surface area contributed by atoms with E-state index in [-0.39, 0.29) is 0 Å². The maximum Gasteiger partial charge on any atom is 0.0419 e. The normalized spacial score (nSPS) is 14.8. The Kier molecular flexibility index (Phi) is 1.47. The average molecular weight is 148 g/mol. The van der Waals surface area contributed by atoms with Crippen molar-refractivity contribution in [1.29, 1.82) is 0 Å². The van der Waals surface area contributed by atoms with Gasteiger partial charge in [0.05, 0.1) is 0 Å². The van der Waals surface area contributed by atoms with Gasteiger partial charge in [-0.15, -0.1) is 0 Å². The van der Waals surface area contributed by atoms with Crippen LogP contribution in [0.25, 0.3) is 0 Å². The van der Waals surface area contributed by atoms with Gasteiger partial charge in [-0.25, -0.2) is 4.40 Å². The SMILES string of the molecule is [c]1cccc2c1SN=CC2. The topological polar surface area (TPSA) is 12.4 Å². The first-order valence-electron chi connectivity index (χ1n) is 3.15. The fourth-order valence-corrected chi connectivity index (χ4v) is 1.57. The van der Waals surface area contributed by atoms with Gasteiger partial charge in [0.15, 0.2) is 0 Å². The minimum absolute atomic E-state index is 0.958. The largest absolute Gasteiger partial charge is 0.223 e. The fraction of sp³-hybridized carbons (Fsp3) is 0.125. The van der Waals surface area contributed by atoms with Crippen LogP contribution in [0.3, 0.4) is 0 Å². The molecule has 1 aromatic rings. The zero-order valence-corrected chi connectivity index (χ0v) is 6.19. The predicted molar refractivity (Wildman–Crippen MR) is 43.3 cm³/mol. The molecule has 0 spiro atoms. The summed E-state index contributed by atoms with van der Waals surface area (Å²) >= 11 is 1.50. The van der Waals surface area contributed by atoms with Gasteiger partial charge in [-0.3, -0.25) is 0 Å². The Morgan fingerprint density at radius 3 is 3.50 bits per heavy atom. The molecular formula is C8H6NS. The van der Waals surface area contributed by atoms with Crippen LogP contribution < -0.4 is 0 Å². The van der Waals surface area contributed by atoms with Gasteiger partial charge in [0.2, 0.25) is 0 Å². The molecule has 1 aliphatic heterocycles. The Hall–Kier alpha value is -0.760. The number of fused-ring (bicyclic) bond motifs is 1. The van der Waals surface area contributed by atoms with Crippen molar-refractivity contribution in [1.82, 2.24) is 0 Å². The van der Waals surface area contributed by atoms with E-state index >= 15 is 0 Å². The van der Waals surface area contributed by atoms with Gasteiger partial charge < -0.3 is 0 Å². The molecule has 0 atom stereocenters. The maximum absolute atomic E-state index is 4.08. The van der Waals surface area contributed by atoms with E-state index in [1.54, 1.807) is 0 Å². The Bertz CT molecular complexity index is 241. The highest BCUT2D eigenvalue weighted by Gasteiger charge is 2.03. The van der Waals surface area contributed by atoms with Crippen LogP contribution in [0.1, 0.15) is 5.56 Å². The second-order valence-electron chi connectivity index (χ2n) is 2.11. The highest BCUT2D eigenvalue weighted by Crippen LogP contribution is 2.25. The summed E-state index contributed by atoms with van der Waals surface area (Å²) in [6.45, 7) is 0. The lowest BCUT2D eigenvalue weighted by Crippen LogP contribution is -1.92. The number of benzene rings is 1. The zero-order valence-electron chi connectivity index (χ0n) is 5.37. The van der Waals surface area contributed by atoms with Gasteiger partial charge in [-0.05, 0) is 11.6 Å². The van der Waals surface area contributed by atoms with E-state index in [9.17, 15) is 0 Å². The van der Waals surface area contributed by atoms with Crippen LogP contribution in [0.15, 0.2) is 27.5 Å². The quantitative estimate of drug-likeness (QED) is 0.513. The van der Waals surface area contributed by atoms with Crippen LogP contribution in [-0.4, -0.2) is 6.21 Å². The Morgan fingerprint density at radius 1 is 1.60 bits per heavy atom. The molecule has 0 saturated heterocycles. The summed E-state index contributed by atoms with van der Waals surface area (Å²) in [4.78, 5) is 1.17. The van der Waals surface area contributed by atoms with Crippen molar-refractivity contribution in [3.8, 4) is 0 Å². The van der Waals surface area contributed by atoms with E-state index in [2.05, 4.69) is 16.5 Å². The molecule has 2 heteroatoms. The third-order valence-electron chi connectivity index (χ3n) is 1.43. The third-order valence-corrected chi connectivity index (χ3v) is 2.25. The average Bonchev–Trinajstić information content (AvgIpc) is 2.05. The number of hydrogen-bond acceptors (Lipinski definition) is 2. The minimum atomic E-state index is 0.958. The van der Waals surface area contributed by atoms with Crippen LogP contribution in [0.5, 0.6) is 0 Å². The monoisotopic (exact) mass is 148 g/mol.